The molecule has 7 heteroatoms. The van der Waals surface area contributed by atoms with Gasteiger partial charge in [0.15, 0.2) is 11.5 Å². The minimum Gasteiger partial charge on any atom is -0.493 e. The molecule has 0 spiro atoms. The highest BCUT2D eigenvalue weighted by Gasteiger charge is 2.15. The van der Waals surface area contributed by atoms with Crippen molar-refractivity contribution in [2.24, 2.45) is 0 Å². The number of pyridine rings is 1. The van der Waals surface area contributed by atoms with Gasteiger partial charge >= 0.3 is 0 Å². The number of nitrogens with zero attached hydrogens (tertiary/aromatic N) is 3. The van der Waals surface area contributed by atoms with Crippen LogP contribution in [0.2, 0.25) is 0 Å². The molecule has 0 fully saturated rings. The van der Waals surface area contributed by atoms with E-state index in [2.05, 4.69) is 15.3 Å². The van der Waals surface area contributed by atoms with Crippen LogP contribution in [0.3, 0.4) is 0 Å². The van der Waals surface area contributed by atoms with Crippen molar-refractivity contribution < 1.29 is 14.2 Å². The van der Waals surface area contributed by atoms with E-state index in [1.165, 1.54) is 0 Å². The van der Waals surface area contributed by atoms with Crippen LogP contribution in [0.4, 0.5) is 0 Å². The maximum atomic E-state index is 5.42. The van der Waals surface area contributed by atoms with Gasteiger partial charge in [0.25, 0.3) is 0 Å². The number of ether oxygens (including phenoxy) is 3. The van der Waals surface area contributed by atoms with Crippen LogP contribution >= 0.6 is 11.3 Å². The minimum absolute atomic E-state index is 0.585. The zero-order valence-electron chi connectivity index (χ0n) is 15.8. The molecule has 142 valence electrons. The SMILES string of the molecule is COc1ccc(Cc2ncc3scc(-c4cccnc4OC)c3n2)cc1OC. The molecule has 0 atom stereocenters. The highest BCUT2D eigenvalue weighted by Crippen LogP contribution is 2.36. The third kappa shape index (κ3) is 3.36. The van der Waals surface area contributed by atoms with Crippen LogP contribution in [-0.2, 0) is 6.42 Å². The van der Waals surface area contributed by atoms with Gasteiger partial charge in [-0.2, -0.15) is 0 Å². The summed E-state index contributed by atoms with van der Waals surface area (Å²) >= 11 is 1.61. The predicted molar refractivity (Wildman–Crippen MR) is 110 cm³/mol. The van der Waals surface area contributed by atoms with E-state index in [1.807, 2.05) is 36.5 Å². The number of fused-ring (bicyclic) bond motifs is 1. The molecule has 4 aromatic rings. The van der Waals surface area contributed by atoms with Crippen molar-refractivity contribution in [3.63, 3.8) is 0 Å². The number of rotatable bonds is 6. The molecule has 6 nitrogen and oxygen atoms in total. The van der Waals surface area contributed by atoms with Crippen molar-refractivity contribution in [3.8, 4) is 28.5 Å². The summed E-state index contributed by atoms with van der Waals surface area (Å²) in [6.45, 7) is 0. The number of thiophene rings is 1. The largest absolute Gasteiger partial charge is 0.493 e. The van der Waals surface area contributed by atoms with Gasteiger partial charge in [-0.15, -0.1) is 11.3 Å². The van der Waals surface area contributed by atoms with E-state index >= 15 is 0 Å². The van der Waals surface area contributed by atoms with Crippen LogP contribution < -0.4 is 14.2 Å². The monoisotopic (exact) mass is 393 g/mol. The molecule has 0 aliphatic carbocycles. The zero-order valence-corrected chi connectivity index (χ0v) is 16.6. The molecule has 0 aliphatic rings. The molecular weight excluding hydrogens is 374 g/mol. The average molecular weight is 393 g/mol. The number of aromatic nitrogens is 3. The fraction of sp³-hybridized carbons (Fsp3) is 0.190. The van der Waals surface area contributed by atoms with Gasteiger partial charge in [-0.3, -0.25) is 0 Å². The third-order valence-electron chi connectivity index (χ3n) is 4.43. The molecule has 1 aromatic carbocycles. The first-order valence-electron chi connectivity index (χ1n) is 8.67. The molecule has 0 saturated heterocycles. The second kappa shape index (κ2) is 7.82. The summed E-state index contributed by atoms with van der Waals surface area (Å²) in [6.07, 6.45) is 4.18. The molecule has 0 aliphatic heterocycles. The third-order valence-corrected chi connectivity index (χ3v) is 5.34. The maximum Gasteiger partial charge on any atom is 0.221 e. The molecule has 4 rings (SSSR count). The molecule has 0 unspecified atom stereocenters. The van der Waals surface area contributed by atoms with E-state index in [1.54, 1.807) is 38.9 Å². The first-order valence-corrected chi connectivity index (χ1v) is 9.55. The minimum atomic E-state index is 0.585. The first-order chi connectivity index (χ1) is 13.7. The number of methoxy groups -OCH3 is 3. The number of hydrogen-bond donors (Lipinski definition) is 0. The topological polar surface area (TPSA) is 66.4 Å². The lowest BCUT2D eigenvalue weighted by Crippen LogP contribution is -1.98. The Morgan fingerprint density at radius 1 is 0.929 bits per heavy atom. The Morgan fingerprint density at radius 3 is 2.57 bits per heavy atom. The first kappa shape index (κ1) is 18.2. The normalized spacial score (nSPS) is 10.8. The van der Waals surface area contributed by atoms with Crippen LogP contribution in [0.1, 0.15) is 11.4 Å². The van der Waals surface area contributed by atoms with E-state index in [0.29, 0.717) is 23.8 Å². The van der Waals surface area contributed by atoms with E-state index < -0.39 is 0 Å². The highest BCUT2D eigenvalue weighted by atomic mass is 32.1. The summed E-state index contributed by atoms with van der Waals surface area (Å²) in [4.78, 5) is 13.7. The second-order valence-electron chi connectivity index (χ2n) is 6.07. The highest BCUT2D eigenvalue weighted by molar-refractivity contribution is 7.17. The molecule has 3 aromatic heterocycles. The van der Waals surface area contributed by atoms with Gasteiger partial charge in [0.1, 0.15) is 5.82 Å². The van der Waals surface area contributed by atoms with Crippen LogP contribution in [0.25, 0.3) is 21.3 Å². The van der Waals surface area contributed by atoms with E-state index in [-0.39, 0.29) is 0 Å². The second-order valence-corrected chi connectivity index (χ2v) is 6.99. The van der Waals surface area contributed by atoms with Gasteiger partial charge < -0.3 is 14.2 Å². The summed E-state index contributed by atoms with van der Waals surface area (Å²) in [5.74, 6) is 2.72. The smallest absolute Gasteiger partial charge is 0.221 e. The van der Waals surface area contributed by atoms with Gasteiger partial charge in [-0.05, 0) is 29.8 Å². The molecule has 0 N–H and O–H groups in total. The molecule has 0 saturated carbocycles. The van der Waals surface area contributed by atoms with E-state index in [4.69, 9.17) is 19.2 Å². The molecule has 3 heterocycles. The van der Waals surface area contributed by atoms with Crippen LogP contribution in [0.5, 0.6) is 17.4 Å². The van der Waals surface area contributed by atoms with Crippen molar-refractivity contribution in [3.05, 3.63) is 59.5 Å². The fourth-order valence-corrected chi connectivity index (χ4v) is 3.94. The lowest BCUT2D eigenvalue weighted by molar-refractivity contribution is 0.354. The van der Waals surface area contributed by atoms with Crippen LogP contribution in [0.15, 0.2) is 48.1 Å². The summed E-state index contributed by atoms with van der Waals surface area (Å²) in [5.41, 5.74) is 3.88. The fourth-order valence-electron chi connectivity index (χ4n) is 3.07. The Balaban J connectivity index is 1.72. The van der Waals surface area contributed by atoms with Crippen molar-refractivity contribution in [1.82, 2.24) is 15.0 Å². The zero-order chi connectivity index (χ0) is 19.5. The Bertz CT molecular complexity index is 1130. The Hall–Kier alpha value is -3.19. The quantitative estimate of drug-likeness (QED) is 0.485. The standard InChI is InChI=1S/C21H19N3O3S/c1-25-16-7-6-13(9-17(16)26-2)10-19-23-11-18-20(24-19)15(12-28-18)14-5-4-8-22-21(14)27-3/h4-9,11-12H,10H2,1-3H3. The lowest BCUT2D eigenvalue weighted by atomic mass is 10.1. The predicted octanol–water partition coefficient (Wildman–Crippen LogP) is 4.37. The molecule has 0 amide bonds. The summed E-state index contributed by atoms with van der Waals surface area (Å²) < 4.78 is 17.1. The molecule has 28 heavy (non-hydrogen) atoms. The molecular formula is C21H19N3O3S. The number of hydrogen-bond acceptors (Lipinski definition) is 7. The van der Waals surface area contributed by atoms with Gasteiger partial charge in [0.2, 0.25) is 5.88 Å². The molecule has 0 radical (unpaired) electrons. The van der Waals surface area contributed by atoms with Crippen molar-refractivity contribution in [2.75, 3.05) is 21.3 Å². The van der Waals surface area contributed by atoms with E-state index in [0.717, 1.165) is 32.7 Å². The van der Waals surface area contributed by atoms with Crippen molar-refractivity contribution >= 4 is 21.6 Å². The maximum absolute atomic E-state index is 5.42. The van der Waals surface area contributed by atoms with Gasteiger partial charge in [0, 0.05) is 35.3 Å². The van der Waals surface area contributed by atoms with E-state index in [9.17, 15) is 0 Å². The summed E-state index contributed by atoms with van der Waals surface area (Å²) in [7, 11) is 4.88. The van der Waals surface area contributed by atoms with Gasteiger partial charge in [-0.25, -0.2) is 15.0 Å². The number of benzene rings is 1. The Kier molecular flexibility index (Phi) is 5.08. The Morgan fingerprint density at radius 2 is 1.79 bits per heavy atom. The summed E-state index contributed by atoms with van der Waals surface area (Å²) in [5, 5.41) is 2.07. The average Bonchev–Trinajstić information content (AvgIpc) is 3.16. The molecule has 0 bridgehead atoms. The van der Waals surface area contributed by atoms with Crippen molar-refractivity contribution in [1.29, 1.82) is 0 Å². The van der Waals surface area contributed by atoms with Crippen LogP contribution in [-0.4, -0.2) is 36.3 Å². The van der Waals surface area contributed by atoms with Crippen molar-refractivity contribution in [2.45, 2.75) is 6.42 Å². The van der Waals surface area contributed by atoms with Gasteiger partial charge in [-0.1, -0.05) is 6.07 Å². The summed E-state index contributed by atoms with van der Waals surface area (Å²) in [6, 6.07) is 9.72. The van der Waals surface area contributed by atoms with Crippen LogP contribution in [0, 0.1) is 0 Å². The lowest BCUT2D eigenvalue weighted by Gasteiger charge is -2.09. The Labute approximate surface area is 166 Å². The van der Waals surface area contributed by atoms with Gasteiger partial charge in [0.05, 0.1) is 31.5 Å².